The normalized spacial score (nSPS) is 25.0. The highest BCUT2D eigenvalue weighted by Gasteiger charge is 2.45. The maximum atomic E-state index is 12.7. The van der Waals surface area contributed by atoms with Crippen LogP contribution in [0.3, 0.4) is 0 Å². The lowest BCUT2D eigenvalue weighted by molar-refractivity contribution is 0.0756. The van der Waals surface area contributed by atoms with E-state index in [1.165, 1.54) is 0 Å². The van der Waals surface area contributed by atoms with E-state index in [0.29, 0.717) is 22.6 Å². The minimum atomic E-state index is -0.0351. The number of carbonyl (C=O) groups excluding carboxylic acids is 1. The predicted octanol–water partition coefficient (Wildman–Crippen LogP) is 3.37. The number of ether oxygens (including phenoxy) is 1. The summed E-state index contributed by atoms with van der Waals surface area (Å²) in [5.74, 6) is 1.68. The van der Waals surface area contributed by atoms with Gasteiger partial charge in [-0.15, -0.1) is 0 Å². The maximum absolute atomic E-state index is 12.7. The zero-order chi connectivity index (χ0) is 17.4. The van der Waals surface area contributed by atoms with E-state index in [9.17, 15) is 4.79 Å². The molecule has 0 spiro atoms. The number of nitrogens with zero attached hydrogens (tertiary/aromatic N) is 3. The summed E-state index contributed by atoms with van der Waals surface area (Å²) < 4.78 is 6.17. The molecule has 1 aliphatic heterocycles. The molecule has 130 valence electrons. The van der Waals surface area contributed by atoms with E-state index in [2.05, 4.69) is 9.97 Å². The molecule has 1 saturated carbocycles. The van der Waals surface area contributed by atoms with Crippen molar-refractivity contribution in [3.63, 3.8) is 0 Å². The fourth-order valence-electron chi connectivity index (χ4n) is 3.88. The fraction of sp³-hybridized carbons (Fsp3) is 0.421. The molecule has 3 atom stereocenters. The molecule has 1 aromatic heterocycles. The molecule has 0 unspecified atom stereocenters. The highest BCUT2D eigenvalue weighted by Crippen LogP contribution is 2.40. The maximum Gasteiger partial charge on any atom is 0.274 e. The molecule has 1 aliphatic carbocycles. The Bertz CT molecular complexity index is 763. The van der Waals surface area contributed by atoms with Crippen LogP contribution in [0.1, 0.15) is 29.0 Å². The Morgan fingerprint density at radius 2 is 1.96 bits per heavy atom. The van der Waals surface area contributed by atoms with Gasteiger partial charge in [0.05, 0.1) is 11.9 Å². The quantitative estimate of drug-likeness (QED) is 0.845. The van der Waals surface area contributed by atoms with Gasteiger partial charge in [-0.1, -0.05) is 11.6 Å². The molecular weight excluding hydrogens is 338 g/mol. The lowest BCUT2D eigenvalue weighted by Gasteiger charge is -2.22. The van der Waals surface area contributed by atoms with Crippen molar-refractivity contribution >= 4 is 17.5 Å². The lowest BCUT2D eigenvalue weighted by Crippen LogP contribution is -2.33. The number of amides is 1. The van der Waals surface area contributed by atoms with Gasteiger partial charge < -0.3 is 9.64 Å². The van der Waals surface area contributed by atoms with Crippen LogP contribution in [-0.2, 0) is 0 Å². The van der Waals surface area contributed by atoms with Crippen molar-refractivity contribution in [3.05, 3.63) is 53.1 Å². The molecule has 4 rings (SSSR count). The Hall–Kier alpha value is -2.14. The zero-order valence-electron chi connectivity index (χ0n) is 14.1. The van der Waals surface area contributed by atoms with E-state index < -0.39 is 0 Å². The lowest BCUT2D eigenvalue weighted by atomic mass is 9.99. The minimum absolute atomic E-state index is 0.0351. The number of rotatable bonds is 3. The molecule has 6 heteroatoms. The van der Waals surface area contributed by atoms with Crippen LogP contribution in [0.5, 0.6) is 5.75 Å². The third kappa shape index (κ3) is 3.33. The molecule has 5 nitrogen and oxygen atoms in total. The standard InChI is InChI=1S/C19H20ClN3O2/c1-12-8-22-17(9-21-12)19(24)23-10-13-2-7-18(16(13)11-23)25-15-5-3-14(20)4-6-15/h3-6,8-9,13,16,18H,2,7,10-11H2,1H3/t13-,16+,18-/m0/s1. The number of likely N-dealkylation sites (tertiary alicyclic amines) is 1. The summed E-state index contributed by atoms with van der Waals surface area (Å²) in [4.78, 5) is 22.9. The van der Waals surface area contributed by atoms with Crippen LogP contribution in [0.15, 0.2) is 36.7 Å². The van der Waals surface area contributed by atoms with Crippen LogP contribution in [0.25, 0.3) is 0 Å². The van der Waals surface area contributed by atoms with E-state index in [1.807, 2.05) is 36.1 Å². The molecule has 2 fully saturated rings. The van der Waals surface area contributed by atoms with Crippen molar-refractivity contribution in [3.8, 4) is 5.75 Å². The first kappa shape index (κ1) is 16.3. The number of benzene rings is 1. The van der Waals surface area contributed by atoms with Crippen LogP contribution in [0.2, 0.25) is 5.02 Å². The first-order valence-electron chi connectivity index (χ1n) is 8.60. The Morgan fingerprint density at radius 3 is 2.68 bits per heavy atom. The average molecular weight is 358 g/mol. The van der Waals surface area contributed by atoms with Gasteiger partial charge in [-0.25, -0.2) is 4.98 Å². The minimum Gasteiger partial charge on any atom is -0.490 e. The number of fused-ring (bicyclic) bond motifs is 1. The van der Waals surface area contributed by atoms with Gasteiger partial charge in [-0.2, -0.15) is 0 Å². The first-order valence-corrected chi connectivity index (χ1v) is 8.98. The summed E-state index contributed by atoms with van der Waals surface area (Å²) in [6.07, 6.45) is 5.47. The average Bonchev–Trinajstić information content (AvgIpc) is 3.19. The van der Waals surface area contributed by atoms with Gasteiger partial charge >= 0.3 is 0 Å². The molecular formula is C19H20ClN3O2. The fourth-order valence-corrected chi connectivity index (χ4v) is 4.01. The number of hydrogen-bond acceptors (Lipinski definition) is 4. The van der Waals surface area contributed by atoms with Gasteiger partial charge in [0.1, 0.15) is 17.5 Å². The molecule has 2 aliphatic rings. The predicted molar refractivity (Wildman–Crippen MR) is 94.8 cm³/mol. The van der Waals surface area contributed by atoms with Crippen LogP contribution in [0, 0.1) is 18.8 Å². The molecule has 1 amide bonds. The third-order valence-corrected chi connectivity index (χ3v) is 5.43. The van der Waals surface area contributed by atoms with Gasteiger partial charge in [0, 0.05) is 30.2 Å². The van der Waals surface area contributed by atoms with Gasteiger partial charge in [0.25, 0.3) is 5.91 Å². The Balaban J connectivity index is 1.43. The van der Waals surface area contributed by atoms with Gasteiger partial charge in [-0.05, 0) is 49.9 Å². The summed E-state index contributed by atoms with van der Waals surface area (Å²) in [7, 11) is 0. The van der Waals surface area contributed by atoms with Gasteiger partial charge in [0.15, 0.2) is 0 Å². The third-order valence-electron chi connectivity index (χ3n) is 5.18. The molecule has 1 aromatic carbocycles. The number of aromatic nitrogens is 2. The van der Waals surface area contributed by atoms with Gasteiger partial charge in [0.2, 0.25) is 0 Å². The Kier molecular flexibility index (Phi) is 4.34. The second-order valence-electron chi connectivity index (χ2n) is 6.86. The highest BCUT2D eigenvalue weighted by molar-refractivity contribution is 6.30. The van der Waals surface area contributed by atoms with E-state index in [0.717, 1.165) is 37.4 Å². The number of hydrogen-bond donors (Lipinski definition) is 0. The van der Waals surface area contributed by atoms with Gasteiger partial charge in [-0.3, -0.25) is 9.78 Å². The van der Waals surface area contributed by atoms with Crippen molar-refractivity contribution in [2.75, 3.05) is 13.1 Å². The molecule has 1 saturated heterocycles. The number of halogens is 1. The highest BCUT2D eigenvalue weighted by atomic mass is 35.5. The van der Waals surface area contributed by atoms with Crippen LogP contribution in [-0.4, -0.2) is 40.0 Å². The van der Waals surface area contributed by atoms with Crippen molar-refractivity contribution in [2.24, 2.45) is 11.8 Å². The molecule has 0 bridgehead atoms. The molecule has 2 aromatic rings. The van der Waals surface area contributed by atoms with Crippen LogP contribution in [0.4, 0.5) is 0 Å². The largest absolute Gasteiger partial charge is 0.490 e. The molecule has 0 N–H and O–H groups in total. The summed E-state index contributed by atoms with van der Waals surface area (Å²) in [5.41, 5.74) is 1.23. The van der Waals surface area contributed by atoms with E-state index in [1.54, 1.807) is 12.4 Å². The number of aryl methyl sites for hydroxylation is 1. The van der Waals surface area contributed by atoms with E-state index >= 15 is 0 Å². The van der Waals surface area contributed by atoms with Crippen molar-refractivity contribution < 1.29 is 9.53 Å². The summed E-state index contributed by atoms with van der Waals surface area (Å²) in [6.45, 7) is 3.36. The van der Waals surface area contributed by atoms with Crippen molar-refractivity contribution in [2.45, 2.75) is 25.9 Å². The summed E-state index contributed by atoms with van der Waals surface area (Å²) in [6, 6.07) is 7.47. The SMILES string of the molecule is Cc1cnc(C(=O)N2C[C@@H]3CC[C@H](Oc4ccc(Cl)cc4)[C@@H]3C2)cn1. The smallest absolute Gasteiger partial charge is 0.274 e. The Morgan fingerprint density at radius 1 is 1.16 bits per heavy atom. The summed E-state index contributed by atoms with van der Waals surface area (Å²) >= 11 is 5.93. The van der Waals surface area contributed by atoms with Crippen LogP contribution >= 0.6 is 11.6 Å². The van der Waals surface area contributed by atoms with E-state index in [-0.39, 0.29) is 12.0 Å². The van der Waals surface area contributed by atoms with Crippen molar-refractivity contribution in [1.82, 2.24) is 14.9 Å². The van der Waals surface area contributed by atoms with Crippen LogP contribution < -0.4 is 4.74 Å². The first-order chi connectivity index (χ1) is 12.1. The molecule has 2 heterocycles. The summed E-state index contributed by atoms with van der Waals surface area (Å²) in [5, 5.41) is 0.702. The second kappa shape index (κ2) is 6.64. The second-order valence-corrected chi connectivity index (χ2v) is 7.30. The molecule has 0 radical (unpaired) electrons. The zero-order valence-corrected chi connectivity index (χ0v) is 14.8. The monoisotopic (exact) mass is 357 g/mol. The van der Waals surface area contributed by atoms with E-state index in [4.69, 9.17) is 16.3 Å². The topological polar surface area (TPSA) is 55.3 Å². The van der Waals surface area contributed by atoms with Crippen molar-refractivity contribution in [1.29, 1.82) is 0 Å². The number of carbonyl (C=O) groups is 1. The molecule has 25 heavy (non-hydrogen) atoms. The Labute approximate surface area is 152 Å².